The van der Waals surface area contributed by atoms with E-state index in [1.807, 2.05) is 0 Å². The molecule has 0 aromatic rings. The van der Waals surface area contributed by atoms with Gasteiger partial charge in [0.05, 0.1) is 0 Å². The summed E-state index contributed by atoms with van der Waals surface area (Å²) in [6.45, 7) is 4.66. The van der Waals surface area contributed by atoms with E-state index >= 15 is 0 Å². The first kappa shape index (κ1) is 9.74. The van der Waals surface area contributed by atoms with Crippen LogP contribution in [-0.4, -0.2) is 0 Å². The fourth-order valence-electron chi connectivity index (χ4n) is 2.82. The van der Waals surface area contributed by atoms with Crippen LogP contribution >= 0.6 is 0 Å². The molecule has 0 aromatic carbocycles. The van der Waals surface area contributed by atoms with Crippen LogP contribution in [0.25, 0.3) is 0 Å². The summed E-state index contributed by atoms with van der Waals surface area (Å²) in [6.07, 6.45) is 6.88. The van der Waals surface area contributed by atoms with Crippen molar-refractivity contribution in [1.29, 1.82) is 0 Å². The molecule has 0 nitrogen and oxygen atoms in total. The van der Waals surface area contributed by atoms with Gasteiger partial charge in [0.25, 0.3) is 0 Å². The van der Waals surface area contributed by atoms with Crippen molar-refractivity contribution in [2.45, 2.75) is 46.0 Å². The van der Waals surface area contributed by atoms with Gasteiger partial charge in [0.2, 0.25) is 0 Å². The number of allylic oxidation sites excluding steroid dienone is 4. The Morgan fingerprint density at radius 2 is 2.00 bits per heavy atom. The first-order chi connectivity index (χ1) is 6.25. The maximum absolute atomic E-state index is 2.34. The molecule has 1 heteroatoms. The Bertz CT molecular complexity index is 283. The zero-order valence-electron chi connectivity index (χ0n) is 8.61. The predicted molar refractivity (Wildman–Crippen MR) is 52.0 cm³/mol. The van der Waals surface area contributed by atoms with Gasteiger partial charge < -0.3 is 0 Å². The van der Waals surface area contributed by atoms with Crippen molar-refractivity contribution >= 4 is 0 Å². The number of hydrogen-bond acceptors (Lipinski definition) is 0. The van der Waals surface area contributed by atoms with Crippen LogP contribution in [0.5, 0.6) is 0 Å². The van der Waals surface area contributed by atoms with Crippen LogP contribution < -0.4 is 0 Å². The van der Waals surface area contributed by atoms with Crippen LogP contribution in [0.2, 0.25) is 0 Å². The van der Waals surface area contributed by atoms with Crippen molar-refractivity contribution in [3.8, 4) is 0 Å². The molecule has 2 aliphatic rings. The maximum atomic E-state index is 2.34. The molecule has 0 aliphatic heterocycles. The van der Waals surface area contributed by atoms with Gasteiger partial charge in [-0.25, -0.2) is 0 Å². The second-order valence-electron chi connectivity index (χ2n) is 4.23. The molecule has 1 atom stereocenters. The van der Waals surface area contributed by atoms with E-state index in [1.54, 1.807) is 20.6 Å². The molecule has 0 fully saturated rings. The second kappa shape index (κ2) is 3.75. The molecule has 0 saturated carbocycles. The van der Waals surface area contributed by atoms with Gasteiger partial charge in [-0.05, 0) is 0 Å². The molecule has 69 valence electrons. The molecule has 1 unspecified atom stereocenters. The summed E-state index contributed by atoms with van der Waals surface area (Å²) in [6, 6.07) is 0. The van der Waals surface area contributed by atoms with Crippen molar-refractivity contribution in [2.24, 2.45) is 5.92 Å². The van der Waals surface area contributed by atoms with Gasteiger partial charge in [-0.2, -0.15) is 0 Å². The van der Waals surface area contributed by atoms with E-state index < -0.39 is 0 Å². The molecule has 13 heavy (non-hydrogen) atoms. The first-order valence-corrected chi connectivity index (χ1v) is 6.18. The molecular formula is C12H17Ti. The van der Waals surface area contributed by atoms with Gasteiger partial charge in [-0.3, -0.25) is 0 Å². The molecule has 0 spiro atoms. The van der Waals surface area contributed by atoms with E-state index in [9.17, 15) is 0 Å². The quantitative estimate of drug-likeness (QED) is 0.577. The van der Waals surface area contributed by atoms with Crippen LogP contribution in [0, 0.1) is 5.92 Å². The van der Waals surface area contributed by atoms with Crippen LogP contribution in [0.3, 0.4) is 0 Å². The van der Waals surface area contributed by atoms with Gasteiger partial charge in [0.1, 0.15) is 0 Å². The molecule has 2 rings (SSSR count). The predicted octanol–water partition coefficient (Wildman–Crippen LogP) is 3.72. The van der Waals surface area contributed by atoms with Gasteiger partial charge in [0.15, 0.2) is 0 Å². The van der Waals surface area contributed by atoms with Crippen LogP contribution in [-0.2, 0) is 20.4 Å². The molecule has 0 radical (unpaired) electrons. The summed E-state index contributed by atoms with van der Waals surface area (Å²) in [5, 5.41) is 0. The number of rotatable bonds is 1. The zero-order valence-corrected chi connectivity index (χ0v) is 10.2. The van der Waals surface area contributed by atoms with E-state index in [2.05, 4.69) is 34.3 Å². The van der Waals surface area contributed by atoms with Gasteiger partial charge in [0, 0.05) is 0 Å². The molecule has 0 bridgehead atoms. The van der Waals surface area contributed by atoms with Crippen LogP contribution in [0.15, 0.2) is 20.6 Å². The minimum atomic E-state index is 0.815. The molecule has 2 aliphatic carbocycles. The average Bonchev–Trinajstić information content (AvgIpc) is 2.41. The fourth-order valence-corrected chi connectivity index (χ4v) is 3.54. The molecule has 0 aromatic heterocycles. The Hall–Kier alpha value is 0.194. The summed E-state index contributed by atoms with van der Waals surface area (Å²) in [7, 11) is 0. The summed E-state index contributed by atoms with van der Waals surface area (Å²) in [5.41, 5.74) is 5.19. The normalized spacial score (nSPS) is 28.2. The minimum absolute atomic E-state index is 0.815. The van der Waals surface area contributed by atoms with Crippen molar-refractivity contribution in [3.63, 3.8) is 0 Å². The molecule has 0 heterocycles. The fraction of sp³-hybridized carbons (Fsp3) is 0.667. The van der Waals surface area contributed by atoms with Crippen LogP contribution in [0.1, 0.15) is 46.0 Å². The Labute approximate surface area is 92.9 Å². The van der Waals surface area contributed by atoms with E-state index in [0.717, 1.165) is 5.92 Å². The summed E-state index contributed by atoms with van der Waals surface area (Å²) in [4.78, 5) is 0. The van der Waals surface area contributed by atoms with E-state index in [-0.39, 0.29) is 0 Å². The zero-order chi connectivity index (χ0) is 9.42. The third kappa shape index (κ3) is 1.49. The van der Waals surface area contributed by atoms with Crippen molar-refractivity contribution in [2.75, 3.05) is 0 Å². The molecule has 0 amide bonds. The number of hydrogen-bond donors (Lipinski definition) is 0. The Kier molecular flexibility index (Phi) is 2.81. The summed E-state index contributed by atoms with van der Waals surface area (Å²) < 4.78 is 1.63. The van der Waals surface area contributed by atoms with Gasteiger partial charge in [-0.1, -0.05) is 0 Å². The second-order valence-corrected chi connectivity index (χ2v) is 5.01. The molecular weight excluding hydrogens is 192 g/mol. The van der Waals surface area contributed by atoms with Crippen molar-refractivity contribution < 1.29 is 20.4 Å². The average molecular weight is 209 g/mol. The van der Waals surface area contributed by atoms with Crippen molar-refractivity contribution in [3.05, 3.63) is 20.6 Å². The van der Waals surface area contributed by atoms with Crippen LogP contribution in [0.4, 0.5) is 0 Å². The van der Waals surface area contributed by atoms with E-state index in [1.165, 1.54) is 32.1 Å². The van der Waals surface area contributed by atoms with Crippen molar-refractivity contribution in [1.82, 2.24) is 0 Å². The molecule has 0 N–H and O–H groups in total. The summed E-state index contributed by atoms with van der Waals surface area (Å²) in [5.74, 6) is 0.815. The Balaban J connectivity index is 2.37. The van der Waals surface area contributed by atoms with E-state index in [4.69, 9.17) is 0 Å². The topological polar surface area (TPSA) is 0 Å². The summed E-state index contributed by atoms with van der Waals surface area (Å²) >= 11 is 2.33. The van der Waals surface area contributed by atoms with E-state index in [0.29, 0.717) is 0 Å². The Morgan fingerprint density at radius 3 is 2.69 bits per heavy atom. The van der Waals surface area contributed by atoms with Gasteiger partial charge >= 0.3 is 92.9 Å². The standard InChI is InChI=1S/C12H17.Ti/c1-3-11-9(2)8-10-6-4-5-7-12(10)11;/h11H,3-7H2,1-2H3;. The monoisotopic (exact) mass is 209 g/mol. The third-order valence-electron chi connectivity index (χ3n) is 3.56. The first-order valence-electron chi connectivity index (χ1n) is 5.40. The Morgan fingerprint density at radius 1 is 1.31 bits per heavy atom. The SMILES string of the molecule is CCC1C(C)=[C]([Ti])C2=C1CCCC2. The molecule has 0 saturated heterocycles. The van der Waals surface area contributed by atoms with Gasteiger partial charge in [-0.15, -0.1) is 0 Å². The third-order valence-corrected chi connectivity index (χ3v) is 4.65.